The van der Waals surface area contributed by atoms with E-state index in [1.807, 2.05) is 0 Å². The van der Waals surface area contributed by atoms with Gasteiger partial charge in [0.15, 0.2) is 11.6 Å². The highest BCUT2D eigenvalue weighted by Gasteiger charge is 2.66. The number of nitrogens with two attached hydrogens (primary N) is 1. The summed E-state index contributed by atoms with van der Waals surface area (Å²) in [6.45, 7) is 0.108. The standard InChI is InChI=1S/C18H18F5N3/c19-12-3-1-2-11(15(12)20)10-4-5-13(24)16-25-8-14(26(16)9-10)17(6-7-17)18(21,22)23/h1-3,8,10,13H,4-7,9,24H2/t10-,13-/m1/s1. The number of hydrogen-bond acceptors (Lipinski definition) is 2. The molecule has 1 fully saturated rings. The molecule has 1 aliphatic carbocycles. The molecule has 3 nitrogen and oxygen atoms in total. The molecule has 1 aromatic heterocycles. The zero-order valence-electron chi connectivity index (χ0n) is 13.9. The molecule has 0 bridgehead atoms. The normalized spacial score (nSPS) is 24.8. The lowest BCUT2D eigenvalue weighted by molar-refractivity contribution is -0.162. The van der Waals surface area contributed by atoms with Gasteiger partial charge in [0.1, 0.15) is 11.2 Å². The van der Waals surface area contributed by atoms with E-state index < -0.39 is 35.2 Å². The van der Waals surface area contributed by atoms with Crippen molar-refractivity contribution in [1.82, 2.24) is 9.55 Å². The first kappa shape index (κ1) is 17.5. The molecule has 2 aromatic rings. The smallest absolute Gasteiger partial charge is 0.329 e. The van der Waals surface area contributed by atoms with Gasteiger partial charge in [-0.25, -0.2) is 13.8 Å². The Bertz CT molecular complexity index is 838. The van der Waals surface area contributed by atoms with E-state index in [0.29, 0.717) is 18.7 Å². The molecule has 26 heavy (non-hydrogen) atoms. The number of imidazole rings is 1. The predicted molar refractivity (Wildman–Crippen MR) is 84.5 cm³/mol. The van der Waals surface area contributed by atoms with Crippen LogP contribution in [0.25, 0.3) is 0 Å². The number of fused-ring (bicyclic) bond motifs is 1. The molecule has 2 heterocycles. The Morgan fingerprint density at radius 2 is 1.88 bits per heavy atom. The Morgan fingerprint density at radius 3 is 2.54 bits per heavy atom. The predicted octanol–water partition coefficient (Wildman–Crippen LogP) is 4.33. The number of nitrogens with zero attached hydrogens (tertiary/aromatic N) is 2. The van der Waals surface area contributed by atoms with Crippen LogP contribution in [0.3, 0.4) is 0 Å². The minimum absolute atomic E-state index is 0.00979. The van der Waals surface area contributed by atoms with Crippen LogP contribution in [0.2, 0.25) is 0 Å². The van der Waals surface area contributed by atoms with Crippen LogP contribution in [-0.2, 0) is 12.0 Å². The van der Waals surface area contributed by atoms with E-state index in [-0.39, 0.29) is 30.6 Å². The Morgan fingerprint density at radius 1 is 1.15 bits per heavy atom. The quantitative estimate of drug-likeness (QED) is 0.799. The first-order valence-corrected chi connectivity index (χ1v) is 8.57. The van der Waals surface area contributed by atoms with Crippen LogP contribution in [0.15, 0.2) is 24.4 Å². The third-order valence-corrected chi connectivity index (χ3v) is 5.65. The summed E-state index contributed by atoms with van der Waals surface area (Å²) in [5, 5.41) is 0. The van der Waals surface area contributed by atoms with Gasteiger partial charge in [0.2, 0.25) is 0 Å². The Labute approximate surface area is 147 Å². The molecule has 140 valence electrons. The summed E-state index contributed by atoms with van der Waals surface area (Å²) >= 11 is 0. The third kappa shape index (κ3) is 2.53. The van der Waals surface area contributed by atoms with Crippen molar-refractivity contribution in [2.75, 3.05) is 0 Å². The molecular formula is C18H18F5N3. The van der Waals surface area contributed by atoms with E-state index in [1.165, 1.54) is 22.9 Å². The molecule has 2 aliphatic rings. The summed E-state index contributed by atoms with van der Waals surface area (Å²) in [7, 11) is 0. The lowest BCUT2D eigenvalue weighted by Gasteiger charge is -2.24. The lowest BCUT2D eigenvalue weighted by Crippen LogP contribution is -2.32. The largest absolute Gasteiger partial charge is 0.399 e. The van der Waals surface area contributed by atoms with Crippen LogP contribution in [0.5, 0.6) is 0 Å². The van der Waals surface area contributed by atoms with Gasteiger partial charge in [-0.1, -0.05) is 12.1 Å². The van der Waals surface area contributed by atoms with E-state index in [2.05, 4.69) is 4.98 Å². The summed E-state index contributed by atoms with van der Waals surface area (Å²) in [5.41, 5.74) is 4.46. The van der Waals surface area contributed by atoms with Crippen LogP contribution in [0.4, 0.5) is 22.0 Å². The highest BCUT2D eigenvalue weighted by molar-refractivity contribution is 5.31. The molecule has 0 spiro atoms. The maximum atomic E-state index is 14.2. The molecule has 2 atom stereocenters. The maximum Gasteiger partial charge on any atom is 0.399 e. The summed E-state index contributed by atoms with van der Waals surface area (Å²) in [4.78, 5) is 4.16. The molecule has 0 radical (unpaired) electrons. The molecule has 8 heteroatoms. The van der Waals surface area contributed by atoms with Gasteiger partial charge in [-0.3, -0.25) is 0 Å². The second-order valence-electron chi connectivity index (χ2n) is 7.22. The Kier molecular flexibility index (Phi) is 3.87. The molecular weight excluding hydrogens is 353 g/mol. The van der Waals surface area contributed by atoms with E-state index in [0.717, 1.165) is 6.07 Å². The minimum atomic E-state index is -4.38. The summed E-state index contributed by atoms with van der Waals surface area (Å²) < 4.78 is 70.1. The lowest BCUT2D eigenvalue weighted by atomic mass is 9.92. The third-order valence-electron chi connectivity index (χ3n) is 5.65. The fourth-order valence-corrected chi connectivity index (χ4v) is 3.98. The first-order valence-electron chi connectivity index (χ1n) is 8.57. The minimum Gasteiger partial charge on any atom is -0.329 e. The van der Waals surface area contributed by atoms with E-state index in [4.69, 9.17) is 5.73 Å². The second kappa shape index (κ2) is 5.77. The fraction of sp³-hybridized carbons (Fsp3) is 0.500. The van der Waals surface area contributed by atoms with Crippen LogP contribution in [0.1, 0.15) is 54.7 Å². The average molecular weight is 371 g/mol. The van der Waals surface area contributed by atoms with Crippen LogP contribution in [-0.4, -0.2) is 15.7 Å². The van der Waals surface area contributed by atoms with Gasteiger partial charge in [-0.15, -0.1) is 0 Å². The van der Waals surface area contributed by atoms with E-state index in [9.17, 15) is 22.0 Å². The average Bonchev–Trinajstić information content (AvgIpc) is 3.32. The van der Waals surface area contributed by atoms with Crippen molar-refractivity contribution >= 4 is 0 Å². The van der Waals surface area contributed by atoms with Gasteiger partial charge in [0.25, 0.3) is 0 Å². The maximum absolute atomic E-state index is 14.2. The Hall–Kier alpha value is -1.96. The molecule has 0 saturated heterocycles. The van der Waals surface area contributed by atoms with Crippen LogP contribution < -0.4 is 5.73 Å². The molecule has 1 aliphatic heterocycles. The molecule has 4 rings (SSSR count). The number of benzene rings is 1. The summed E-state index contributed by atoms with van der Waals surface area (Å²) in [5.74, 6) is -1.99. The highest BCUT2D eigenvalue weighted by atomic mass is 19.4. The summed E-state index contributed by atoms with van der Waals surface area (Å²) in [6.07, 6.45) is -2.22. The van der Waals surface area contributed by atoms with Crippen molar-refractivity contribution in [1.29, 1.82) is 0 Å². The molecule has 1 aromatic carbocycles. The molecule has 2 N–H and O–H groups in total. The Balaban J connectivity index is 1.78. The van der Waals surface area contributed by atoms with Gasteiger partial charge in [0, 0.05) is 18.7 Å². The van der Waals surface area contributed by atoms with Crippen molar-refractivity contribution in [3.8, 4) is 0 Å². The number of alkyl halides is 3. The SMILES string of the molecule is N[C@@H]1CC[C@@H](c2cccc(F)c2F)Cn2c(C3(C(F)(F)F)CC3)cnc21. The fourth-order valence-electron chi connectivity index (χ4n) is 3.98. The zero-order valence-corrected chi connectivity index (χ0v) is 13.9. The van der Waals surface area contributed by atoms with Gasteiger partial charge in [-0.2, -0.15) is 13.2 Å². The zero-order chi connectivity index (χ0) is 18.7. The van der Waals surface area contributed by atoms with Crippen molar-refractivity contribution in [2.24, 2.45) is 5.73 Å². The van der Waals surface area contributed by atoms with Gasteiger partial charge in [0.05, 0.1) is 11.7 Å². The van der Waals surface area contributed by atoms with Crippen molar-refractivity contribution in [2.45, 2.75) is 55.8 Å². The monoisotopic (exact) mass is 371 g/mol. The molecule has 0 unspecified atom stereocenters. The molecule has 0 amide bonds. The van der Waals surface area contributed by atoms with E-state index in [1.54, 1.807) is 0 Å². The number of halogens is 5. The van der Waals surface area contributed by atoms with Crippen molar-refractivity contribution in [3.63, 3.8) is 0 Å². The number of hydrogen-bond donors (Lipinski definition) is 1. The number of rotatable bonds is 2. The first-order chi connectivity index (χ1) is 12.2. The second-order valence-corrected chi connectivity index (χ2v) is 7.22. The highest BCUT2D eigenvalue weighted by Crippen LogP contribution is 2.59. The van der Waals surface area contributed by atoms with Gasteiger partial charge in [-0.05, 0) is 37.3 Å². The van der Waals surface area contributed by atoms with Crippen molar-refractivity contribution in [3.05, 3.63) is 53.1 Å². The molecule has 1 saturated carbocycles. The topological polar surface area (TPSA) is 43.8 Å². The van der Waals surface area contributed by atoms with Gasteiger partial charge >= 0.3 is 6.18 Å². The van der Waals surface area contributed by atoms with Crippen molar-refractivity contribution < 1.29 is 22.0 Å². The van der Waals surface area contributed by atoms with Gasteiger partial charge < -0.3 is 10.3 Å². The van der Waals surface area contributed by atoms with Crippen LogP contribution in [0, 0.1) is 11.6 Å². The number of aromatic nitrogens is 2. The summed E-state index contributed by atoms with van der Waals surface area (Å²) in [6, 6.07) is 3.38. The van der Waals surface area contributed by atoms with E-state index >= 15 is 0 Å². The van der Waals surface area contributed by atoms with Crippen LogP contribution >= 0.6 is 0 Å².